The predicted octanol–water partition coefficient (Wildman–Crippen LogP) is -1.78. The van der Waals surface area contributed by atoms with E-state index in [9.17, 15) is 15.0 Å². The number of carbonyl (C=O) groups excluding carboxylic acids is 1. The van der Waals surface area contributed by atoms with E-state index in [1.54, 1.807) is 0 Å². The van der Waals surface area contributed by atoms with Crippen LogP contribution >= 0.6 is 0 Å². The third-order valence-electron chi connectivity index (χ3n) is 2.04. The van der Waals surface area contributed by atoms with Crippen molar-refractivity contribution < 1.29 is 24.5 Å². The van der Waals surface area contributed by atoms with E-state index in [-0.39, 0.29) is 12.5 Å². The second-order valence-corrected chi connectivity index (χ2v) is 3.23. The Bertz CT molecular complexity index is 210. The van der Waals surface area contributed by atoms with Crippen LogP contribution in [-0.2, 0) is 14.3 Å². The lowest BCUT2D eigenvalue weighted by molar-refractivity contribution is -0.125. The molecule has 0 saturated carbocycles. The first kappa shape index (κ1) is 11.4. The van der Waals surface area contributed by atoms with Crippen LogP contribution in [0.2, 0.25) is 0 Å². The molecule has 1 rings (SSSR count). The number of ether oxygens (including phenoxy) is 2. The quantitative estimate of drug-likeness (QED) is 0.506. The molecule has 82 valence electrons. The Hall–Kier alpha value is -0.690. The number of methoxy groups -OCH3 is 1. The molecule has 0 aromatic rings. The summed E-state index contributed by atoms with van der Waals surface area (Å²) in [5.41, 5.74) is 0. The van der Waals surface area contributed by atoms with Crippen LogP contribution in [0.1, 0.15) is 6.92 Å². The average Bonchev–Trinajstić information content (AvgIpc) is 2.34. The van der Waals surface area contributed by atoms with Crippen molar-refractivity contribution in [1.82, 2.24) is 5.32 Å². The molecule has 0 aromatic heterocycles. The number of nitrogens with one attached hydrogen (secondary N) is 1. The zero-order valence-electron chi connectivity index (χ0n) is 8.14. The lowest BCUT2D eigenvalue weighted by atomic mass is 10.1. The maximum atomic E-state index is 10.7. The largest absolute Gasteiger partial charge is 0.387 e. The number of aliphatic hydroxyl groups is 2. The first-order valence-corrected chi connectivity index (χ1v) is 4.34. The molecule has 0 radical (unpaired) electrons. The maximum absolute atomic E-state index is 10.7. The Morgan fingerprint density at radius 1 is 1.50 bits per heavy atom. The summed E-state index contributed by atoms with van der Waals surface area (Å²) in [6.07, 6.45) is -3.61. The van der Waals surface area contributed by atoms with Gasteiger partial charge in [-0.1, -0.05) is 0 Å². The summed E-state index contributed by atoms with van der Waals surface area (Å²) in [7, 11) is 1.47. The molecule has 3 N–H and O–H groups in total. The van der Waals surface area contributed by atoms with Crippen molar-refractivity contribution in [2.24, 2.45) is 0 Å². The topological polar surface area (TPSA) is 88.0 Å². The van der Waals surface area contributed by atoms with Gasteiger partial charge >= 0.3 is 0 Å². The van der Waals surface area contributed by atoms with Crippen molar-refractivity contribution >= 4 is 5.91 Å². The van der Waals surface area contributed by atoms with Crippen LogP contribution in [0.25, 0.3) is 0 Å². The van der Waals surface area contributed by atoms with E-state index in [4.69, 9.17) is 9.47 Å². The summed E-state index contributed by atoms with van der Waals surface area (Å²) in [5.74, 6) is -0.320. The number of amides is 1. The van der Waals surface area contributed by atoms with Crippen molar-refractivity contribution in [2.45, 2.75) is 31.5 Å². The summed E-state index contributed by atoms with van der Waals surface area (Å²) >= 11 is 0. The second kappa shape index (κ2) is 4.70. The lowest BCUT2D eigenvalue weighted by Gasteiger charge is -2.14. The summed E-state index contributed by atoms with van der Waals surface area (Å²) in [6, 6.07) is 0. The number of rotatable bonds is 3. The van der Waals surface area contributed by atoms with E-state index < -0.39 is 24.5 Å². The van der Waals surface area contributed by atoms with Crippen molar-refractivity contribution in [3.05, 3.63) is 0 Å². The van der Waals surface area contributed by atoms with Crippen molar-refractivity contribution in [1.29, 1.82) is 0 Å². The summed E-state index contributed by atoms with van der Waals surface area (Å²) in [5, 5.41) is 21.3. The van der Waals surface area contributed by atoms with Gasteiger partial charge in [0.15, 0.2) is 6.23 Å². The van der Waals surface area contributed by atoms with E-state index >= 15 is 0 Å². The van der Waals surface area contributed by atoms with Gasteiger partial charge in [-0.2, -0.15) is 0 Å². The van der Waals surface area contributed by atoms with Crippen molar-refractivity contribution in [3.63, 3.8) is 0 Å². The molecule has 1 aliphatic rings. The highest BCUT2D eigenvalue weighted by atomic mass is 16.6. The van der Waals surface area contributed by atoms with Crippen LogP contribution in [0.4, 0.5) is 0 Å². The van der Waals surface area contributed by atoms with E-state index in [1.807, 2.05) is 0 Å². The monoisotopic (exact) mass is 205 g/mol. The lowest BCUT2D eigenvalue weighted by Crippen LogP contribution is -2.42. The Kier molecular flexibility index (Phi) is 3.82. The third kappa shape index (κ3) is 2.42. The number of carbonyl (C=O) groups is 1. The van der Waals surface area contributed by atoms with Gasteiger partial charge in [0.2, 0.25) is 5.91 Å². The van der Waals surface area contributed by atoms with E-state index in [1.165, 1.54) is 14.0 Å². The fourth-order valence-electron chi connectivity index (χ4n) is 1.37. The van der Waals surface area contributed by atoms with Crippen LogP contribution in [0.5, 0.6) is 0 Å². The van der Waals surface area contributed by atoms with Crippen LogP contribution < -0.4 is 5.32 Å². The molecule has 1 saturated heterocycles. The normalized spacial score (nSPS) is 37.1. The van der Waals surface area contributed by atoms with Crippen molar-refractivity contribution in [3.8, 4) is 0 Å². The van der Waals surface area contributed by atoms with Crippen LogP contribution in [0.15, 0.2) is 0 Å². The van der Waals surface area contributed by atoms with Gasteiger partial charge in [0.05, 0.1) is 6.61 Å². The molecule has 4 unspecified atom stereocenters. The van der Waals surface area contributed by atoms with Gasteiger partial charge in [-0.15, -0.1) is 0 Å². The standard InChI is InChI=1S/C8H15NO5/c1-4(10)9-8-7(12)6(11)5(14-8)3-13-2/h5-8,11-12H,3H2,1-2H3,(H,9,10). The van der Waals surface area contributed by atoms with Gasteiger partial charge in [0, 0.05) is 14.0 Å². The Morgan fingerprint density at radius 2 is 2.14 bits per heavy atom. The van der Waals surface area contributed by atoms with E-state index in [2.05, 4.69) is 5.32 Å². The number of hydrogen-bond acceptors (Lipinski definition) is 5. The minimum Gasteiger partial charge on any atom is -0.387 e. The molecular formula is C8H15NO5. The smallest absolute Gasteiger partial charge is 0.218 e. The molecule has 6 nitrogen and oxygen atoms in total. The summed E-state index contributed by atoms with van der Waals surface area (Å²) < 4.78 is 9.97. The second-order valence-electron chi connectivity index (χ2n) is 3.23. The molecule has 1 heterocycles. The molecule has 0 spiro atoms. The summed E-state index contributed by atoms with van der Waals surface area (Å²) in [6.45, 7) is 1.49. The molecule has 0 bridgehead atoms. The Balaban J connectivity index is 2.52. The number of aliphatic hydroxyl groups excluding tert-OH is 2. The fraction of sp³-hybridized carbons (Fsp3) is 0.875. The molecule has 1 aliphatic heterocycles. The zero-order valence-corrected chi connectivity index (χ0v) is 8.14. The fourth-order valence-corrected chi connectivity index (χ4v) is 1.37. The Labute approximate surface area is 81.8 Å². The Morgan fingerprint density at radius 3 is 2.64 bits per heavy atom. The average molecular weight is 205 g/mol. The SMILES string of the molecule is COCC1OC(NC(C)=O)C(O)C1O. The highest BCUT2D eigenvalue weighted by Crippen LogP contribution is 2.19. The van der Waals surface area contributed by atoms with E-state index in [0.717, 1.165) is 0 Å². The zero-order chi connectivity index (χ0) is 10.7. The summed E-state index contributed by atoms with van der Waals surface area (Å²) in [4.78, 5) is 10.7. The van der Waals surface area contributed by atoms with Gasteiger partial charge in [-0.3, -0.25) is 4.79 Å². The van der Waals surface area contributed by atoms with Gasteiger partial charge in [0.1, 0.15) is 18.3 Å². The van der Waals surface area contributed by atoms with Gasteiger partial charge < -0.3 is 25.0 Å². The number of hydrogen-bond donors (Lipinski definition) is 3. The maximum Gasteiger partial charge on any atom is 0.218 e. The highest BCUT2D eigenvalue weighted by Gasteiger charge is 2.42. The molecule has 0 aliphatic carbocycles. The van der Waals surface area contributed by atoms with Gasteiger partial charge in [-0.05, 0) is 0 Å². The van der Waals surface area contributed by atoms with Crippen LogP contribution in [-0.4, -0.2) is 54.4 Å². The van der Waals surface area contributed by atoms with Gasteiger partial charge in [0.25, 0.3) is 0 Å². The first-order chi connectivity index (χ1) is 6.56. The van der Waals surface area contributed by atoms with Crippen molar-refractivity contribution in [2.75, 3.05) is 13.7 Å². The van der Waals surface area contributed by atoms with Crippen LogP contribution in [0, 0.1) is 0 Å². The molecule has 4 atom stereocenters. The molecule has 0 aromatic carbocycles. The molecule has 1 amide bonds. The predicted molar refractivity (Wildman–Crippen MR) is 46.4 cm³/mol. The minimum atomic E-state index is -1.11. The molecule has 1 fully saturated rings. The van der Waals surface area contributed by atoms with Gasteiger partial charge in [-0.25, -0.2) is 0 Å². The van der Waals surface area contributed by atoms with E-state index in [0.29, 0.717) is 0 Å². The van der Waals surface area contributed by atoms with Crippen LogP contribution in [0.3, 0.4) is 0 Å². The first-order valence-electron chi connectivity index (χ1n) is 4.34. The molecule has 14 heavy (non-hydrogen) atoms. The molecule has 6 heteroatoms. The minimum absolute atomic E-state index is 0.175. The molecular weight excluding hydrogens is 190 g/mol. The highest BCUT2D eigenvalue weighted by molar-refractivity contribution is 5.73. The third-order valence-corrected chi connectivity index (χ3v) is 2.04.